The summed E-state index contributed by atoms with van der Waals surface area (Å²) in [4.78, 5) is 2.47. The third-order valence-electron chi connectivity index (χ3n) is 4.51. The Balaban J connectivity index is 1.81. The van der Waals surface area contributed by atoms with Crippen LogP contribution < -0.4 is 5.32 Å². The lowest BCUT2D eigenvalue weighted by molar-refractivity contribution is 0.149. The van der Waals surface area contributed by atoms with Crippen LogP contribution >= 0.6 is 0 Å². The number of rotatable bonds is 6. The number of hydrogen-bond donors (Lipinski definition) is 1. The Labute approximate surface area is 117 Å². The van der Waals surface area contributed by atoms with Gasteiger partial charge in [0.2, 0.25) is 0 Å². The van der Waals surface area contributed by atoms with Gasteiger partial charge in [0, 0.05) is 18.2 Å². The highest BCUT2D eigenvalue weighted by Gasteiger charge is 2.23. The van der Waals surface area contributed by atoms with Gasteiger partial charge >= 0.3 is 0 Å². The highest BCUT2D eigenvalue weighted by Crippen LogP contribution is 2.29. The summed E-state index contributed by atoms with van der Waals surface area (Å²) < 4.78 is 5.64. The van der Waals surface area contributed by atoms with Crippen molar-refractivity contribution in [3.05, 3.63) is 23.7 Å². The van der Waals surface area contributed by atoms with Crippen molar-refractivity contribution in [2.24, 2.45) is 5.92 Å². The lowest BCUT2D eigenvalue weighted by atomic mass is 9.84. The van der Waals surface area contributed by atoms with Crippen molar-refractivity contribution >= 4 is 0 Å². The van der Waals surface area contributed by atoms with E-state index >= 15 is 0 Å². The fourth-order valence-corrected chi connectivity index (χ4v) is 3.17. The molecule has 3 heteroatoms. The van der Waals surface area contributed by atoms with Crippen LogP contribution in [-0.4, -0.2) is 25.0 Å². The van der Waals surface area contributed by atoms with E-state index in [-0.39, 0.29) is 0 Å². The van der Waals surface area contributed by atoms with Gasteiger partial charge in [0.25, 0.3) is 0 Å². The van der Waals surface area contributed by atoms with Crippen LogP contribution in [0.15, 0.2) is 16.7 Å². The van der Waals surface area contributed by atoms with Gasteiger partial charge in [-0.3, -0.25) is 4.90 Å². The van der Waals surface area contributed by atoms with Crippen molar-refractivity contribution in [1.29, 1.82) is 0 Å². The van der Waals surface area contributed by atoms with Crippen molar-refractivity contribution in [1.82, 2.24) is 10.2 Å². The molecule has 0 bridgehead atoms. The second kappa shape index (κ2) is 7.11. The first-order valence-electron chi connectivity index (χ1n) is 7.64. The maximum atomic E-state index is 5.64. The van der Waals surface area contributed by atoms with E-state index in [9.17, 15) is 0 Å². The van der Waals surface area contributed by atoms with Crippen molar-refractivity contribution in [2.75, 3.05) is 14.1 Å². The van der Waals surface area contributed by atoms with Crippen LogP contribution in [0.1, 0.15) is 50.4 Å². The van der Waals surface area contributed by atoms with Gasteiger partial charge in [-0.2, -0.15) is 0 Å². The van der Waals surface area contributed by atoms with Gasteiger partial charge < -0.3 is 9.73 Å². The molecule has 1 fully saturated rings. The molecule has 0 spiro atoms. The third-order valence-corrected chi connectivity index (χ3v) is 4.51. The number of nitrogens with one attached hydrogen (secondary N) is 1. The molecule has 0 amide bonds. The number of furan rings is 1. The van der Waals surface area contributed by atoms with Crippen molar-refractivity contribution < 1.29 is 4.42 Å². The summed E-state index contributed by atoms with van der Waals surface area (Å²) in [6, 6.07) is 2.91. The van der Waals surface area contributed by atoms with E-state index in [0.29, 0.717) is 0 Å². The highest BCUT2D eigenvalue weighted by atomic mass is 16.3. The zero-order valence-corrected chi connectivity index (χ0v) is 12.6. The van der Waals surface area contributed by atoms with Crippen LogP contribution in [0.3, 0.4) is 0 Å². The monoisotopic (exact) mass is 264 g/mol. The molecule has 2 rings (SSSR count). The van der Waals surface area contributed by atoms with E-state index in [1.54, 1.807) is 0 Å². The Morgan fingerprint density at radius 1 is 1.32 bits per heavy atom. The molecule has 1 aromatic rings. The summed E-state index contributed by atoms with van der Waals surface area (Å²) in [5.74, 6) is 2.06. The van der Waals surface area contributed by atoms with Crippen molar-refractivity contribution in [3.8, 4) is 0 Å². The maximum Gasteiger partial charge on any atom is 0.118 e. The Hall–Kier alpha value is -0.800. The molecule has 1 N–H and O–H groups in total. The largest absolute Gasteiger partial charge is 0.468 e. The normalized spacial score (nSPS) is 24.0. The third kappa shape index (κ3) is 4.08. The van der Waals surface area contributed by atoms with E-state index in [1.807, 2.05) is 13.3 Å². The molecule has 1 saturated carbocycles. The molecular formula is C16H28N2O. The maximum absolute atomic E-state index is 5.64. The quantitative estimate of drug-likeness (QED) is 0.853. The van der Waals surface area contributed by atoms with E-state index in [4.69, 9.17) is 4.42 Å². The van der Waals surface area contributed by atoms with Crippen LogP contribution in [0, 0.1) is 5.92 Å². The Morgan fingerprint density at radius 3 is 2.68 bits per heavy atom. The van der Waals surface area contributed by atoms with E-state index < -0.39 is 0 Å². The predicted molar refractivity (Wildman–Crippen MR) is 79.0 cm³/mol. The Morgan fingerprint density at radius 2 is 2.05 bits per heavy atom. The van der Waals surface area contributed by atoms with Gasteiger partial charge in [0.1, 0.15) is 5.76 Å². The number of nitrogens with zero attached hydrogens (tertiary/aromatic N) is 1. The van der Waals surface area contributed by atoms with E-state index in [0.717, 1.165) is 30.8 Å². The molecule has 0 aliphatic heterocycles. The first kappa shape index (κ1) is 14.6. The van der Waals surface area contributed by atoms with Gasteiger partial charge in [0.05, 0.1) is 12.8 Å². The summed E-state index contributed by atoms with van der Waals surface area (Å²) in [6.45, 7) is 4.14. The van der Waals surface area contributed by atoms with Crippen LogP contribution in [0.5, 0.6) is 0 Å². The van der Waals surface area contributed by atoms with Crippen molar-refractivity contribution in [2.45, 2.75) is 58.2 Å². The first-order chi connectivity index (χ1) is 9.22. The minimum absolute atomic E-state index is 0.737. The molecule has 1 heterocycles. The molecule has 19 heavy (non-hydrogen) atoms. The van der Waals surface area contributed by atoms with Crippen LogP contribution in [-0.2, 0) is 13.1 Å². The molecule has 0 atom stereocenters. The zero-order valence-electron chi connectivity index (χ0n) is 12.6. The fraction of sp³-hybridized carbons (Fsp3) is 0.750. The lowest BCUT2D eigenvalue weighted by Crippen LogP contribution is -2.34. The molecule has 0 unspecified atom stereocenters. The Kier molecular flexibility index (Phi) is 5.46. The topological polar surface area (TPSA) is 28.4 Å². The fourth-order valence-electron chi connectivity index (χ4n) is 3.17. The average Bonchev–Trinajstić information content (AvgIpc) is 2.86. The first-order valence-corrected chi connectivity index (χ1v) is 7.64. The highest BCUT2D eigenvalue weighted by molar-refractivity contribution is 5.12. The molecule has 3 nitrogen and oxygen atoms in total. The molecule has 1 aliphatic rings. The minimum atomic E-state index is 0.737. The molecule has 1 aromatic heterocycles. The van der Waals surface area contributed by atoms with Gasteiger partial charge in [0.15, 0.2) is 0 Å². The lowest BCUT2D eigenvalue weighted by Gasteiger charge is -2.34. The van der Waals surface area contributed by atoms with E-state index in [1.165, 1.54) is 37.7 Å². The second-order valence-corrected chi connectivity index (χ2v) is 5.95. The SMILES string of the molecule is CCC1CCC(N(C)Cc2cc(CNC)co2)CC1. The van der Waals surface area contributed by atoms with Crippen LogP contribution in [0.4, 0.5) is 0 Å². The van der Waals surface area contributed by atoms with Gasteiger partial charge in [-0.05, 0) is 51.8 Å². The van der Waals surface area contributed by atoms with Crippen molar-refractivity contribution in [3.63, 3.8) is 0 Å². The molecule has 0 radical (unpaired) electrons. The summed E-state index contributed by atoms with van der Waals surface area (Å²) in [7, 11) is 4.20. The summed E-state index contributed by atoms with van der Waals surface area (Å²) in [6.07, 6.45) is 8.71. The second-order valence-electron chi connectivity index (χ2n) is 5.95. The summed E-state index contributed by atoms with van der Waals surface area (Å²) >= 11 is 0. The predicted octanol–water partition coefficient (Wildman–Crippen LogP) is 3.40. The summed E-state index contributed by atoms with van der Waals surface area (Å²) in [5.41, 5.74) is 1.24. The van der Waals surface area contributed by atoms with Gasteiger partial charge in [-0.25, -0.2) is 0 Å². The molecule has 108 valence electrons. The van der Waals surface area contributed by atoms with Crippen LogP contribution in [0.25, 0.3) is 0 Å². The summed E-state index contributed by atoms with van der Waals surface area (Å²) in [5, 5.41) is 3.15. The minimum Gasteiger partial charge on any atom is -0.468 e. The zero-order chi connectivity index (χ0) is 13.7. The standard InChI is InChI=1S/C16H28N2O/c1-4-13-5-7-15(8-6-13)18(3)11-16-9-14(10-17-2)12-19-16/h9,12-13,15,17H,4-8,10-11H2,1-3H3. The molecule has 0 aromatic carbocycles. The van der Waals surface area contributed by atoms with E-state index in [2.05, 4.69) is 30.3 Å². The molecule has 1 aliphatic carbocycles. The average molecular weight is 264 g/mol. The van der Waals surface area contributed by atoms with Gasteiger partial charge in [-0.15, -0.1) is 0 Å². The Bertz CT molecular complexity index is 367. The number of hydrogen-bond acceptors (Lipinski definition) is 3. The smallest absolute Gasteiger partial charge is 0.118 e. The van der Waals surface area contributed by atoms with Crippen LogP contribution in [0.2, 0.25) is 0 Å². The molecular weight excluding hydrogens is 236 g/mol. The molecule has 0 saturated heterocycles. The van der Waals surface area contributed by atoms with Gasteiger partial charge in [-0.1, -0.05) is 13.3 Å².